The molecule has 0 saturated carbocycles. The van der Waals surface area contributed by atoms with Crippen LogP contribution in [-0.4, -0.2) is 34.7 Å². The third-order valence-corrected chi connectivity index (χ3v) is 2.52. The Morgan fingerprint density at radius 3 is 2.20 bits per heavy atom. The van der Waals surface area contributed by atoms with E-state index in [9.17, 15) is 0 Å². The molecule has 0 aliphatic heterocycles. The fraction of sp³-hybridized carbons (Fsp3) is 0.786. The van der Waals surface area contributed by atoms with Gasteiger partial charge in [0.05, 0.1) is 13.2 Å². The number of nitrogens with zero attached hydrogens (tertiary/aromatic N) is 3. The molecule has 1 rings (SSSR count). The van der Waals surface area contributed by atoms with Crippen LogP contribution in [0.1, 0.15) is 47.0 Å². The average molecular weight is 282 g/mol. The van der Waals surface area contributed by atoms with E-state index in [-0.39, 0.29) is 0 Å². The van der Waals surface area contributed by atoms with E-state index in [1.165, 1.54) is 0 Å². The summed E-state index contributed by atoms with van der Waals surface area (Å²) in [6.07, 6.45) is 3.03. The molecule has 1 aromatic heterocycles. The number of rotatable bonds is 10. The van der Waals surface area contributed by atoms with Crippen molar-refractivity contribution >= 4 is 5.95 Å². The third-order valence-electron chi connectivity index (χ3n) is 2.52. The van der Waals surface area contributed by atoms with Gasteiger partial charge >= 0.3 is 12.0 Å². The summed E-state index contributed by atoms with van der Waals surface area (Å²) in [5.41, 5.74) is 0. The molecule has 0 aromatic carbocycles. The van der Waals surface area contributed by atoms with Crippen molar-refractivity contribution in [1.29, 1.82) is 0 Å². The van der Waals surface area contributed by atoms with Crippen LogP contribution < -0.4 is 14.8 Å². The van der Waals surface area contributed by atoms with Gasteiger partial charge < -0.3 is 14.8 Å². The lowest BCUT2D eigenvalue weighted by Gasteiger charge is -2.09. The van der Waals surface area contributed by atoms with Crippen molar-refractivity contribution in [2.75, 3.05) is 25.1 Å². The van der Waals surface area contributed by atoms with E-state index in [1.54, 1.807) is 0 Å². The Balaban J connectivity index is 2.60. The first-order chi connectivity index (χ1) is 9.65. The highest BCUT2D eigenvalue weighted by molar-refractivity contribution is 5.27. The molecule has 1 N–H and O–H groups in total. The molecule has 114 valence electrons. The monoisotopic (exact) mass is 282 g/mol. The van der Waals surface area contributed by atoms with Crippen molar-refractivity contribution in [1.82, 2.24) is 15.0 Å². The molecule has 0 atom stereocenters. The Morgan fingerprint density at radius 1 is 1.00 bits per heavy atom. The van der Waals surface area contributed by atoms with Gasteiger partial charge in [-0.1, -0.05) is 20.8 Å². The third kappa shape index (κ3) is 6.54. The van der Waals surface area contributed by atoms with Gasteiger partial charge in [-0.25, -0.2) is 0 Å². The maximum Gasteiger partial charge on any atom is 0.324 e. The Hall–Kier alpha value is -1.59. The second-order valence-corrected chi connectivity index (χ2v) is 4.99. The summed E-state index contributed by atoms with van der Waals surface area (Å²) in [7, 11) is 0. The van der Waals surface area contributed by atoms with Gasteiger partial charge in [-0.2, -0.15) is 9.97 Å². The minimum Gasteiger partial charge on any atom is -0.463 e. The van der Waals surface area contributed by atoms with Crippen LogP contribution in [0.4, 0.5) is 5.95 Å². The quantitative estimate of drug-likeness (QED) is 0.665. The van der Waals surface area contributed by atoms with Crippen LogP contribution in [0.5, 0.6) is 12.0 Å². The Labute approximate surface area is 121 Å². The molecule has 0 aliphatic rings. The molecule has 0 fully saturated rings. The number of aromatic nitrogens is 3. The van der Waals surface area contributed by atoms with Crippen LogP contribution >= 0.6 is 0 Å². The van der Waals surface area contributed by atoms with Crippen LogP contribution in [0.15, 0.2) is 0 Å². The van der Waals surface area contributed by atoms with E-state index in [0.717, 1.165) is 25.8 Å². The summed E-state index contributed by atoms with van der Waals surface area (Å²) in [4.78, 5) is 12.6. The smallest absolute Gasteiger partial charge is 0.324 e. The van der Waals surface area contributed by atoms with Crippen molar-refractivity contribution in [3.63, 3.8) is 0 Å². The highest BCUT2D eigenvalue weighted by Crippen LogP contribution is 2.14. The number of anilines is 1. The number of ether oxygens (including phenoxy) is 2. The molecular formula is C14H26N4O2. The lowest BCUT2D eigenvalue weighted by Crippen LogP contribution is -2.10. The topological polar surface area (TPSA) is 69.2 Å². The summed E-state index contributed by atoms with van der Waals surface area (Å²) in [6, 6.07) is 0.641. The maximum atomic E-state index is 5.58. The fourth-order valence-corrected chi connectivity index (χ4v) is 1.55. The van der Waals surface area contributed by atoms with Crippen molar-refractivity contribution in [3.05, 3.63) is 0 Å². The van der Waals surface area contributed by atoms with Crippen LogP contribution in [0.3, 0.4) is 0 Å². The fourth-order valence-electron chi connectivity index (χ4n) is 1.55. The predicted octanol–water partition coefficient (Wildman–Crippen LogP) is 2.91. The van der Waals surface area contributed by atoms with Crippen LogP contribution in [-0.2, 0) is 0 Å². The molecule has 0 spiro atoms. The van der Waals surface area contributed by atoms with Crippen LogP contribution in [0.2, 0.25) is 0 Å². The van der Waals surface area contributed by atoms with Crippen LogP contribution in [0.25, 0.3) is 0 Å². The molecule has 0 saturated heterocycles. The Bertz CT molecular complexity index is 385. The number of hydrogen-bond donors (Lipinski definition) is 1. The van der Waals surface area contributed by atoms with Gasteiger partial charge in [0.15, 0.2) is 0 Å². The largest absolute Gasteiger partial charge is 0.463 e. The molecule has 6 nitrogen and oxygen atoms in total. The summed E-state index contributed by atoms with van der Waals surface area (Å²) in [5, 5.41) is 3.05. The summed E-state index contributed by atoms with van der Waals surface area (Å²) >= 11 is 0. The Kier molecular flexibility index (Phi) is 7.69. The molecule has 6 heteroatoms. The minimum atomic E-state index is 0.316. The summed E-state index contributed by atoms with van der Waals surface area (Å²) in [6.45, 7) is 10.4. The van der Waals surface area contributed by atoms with E-state index in [1.807, 2.05) is 13.8 Å². The summed E-state index contributed by atoms with van der Waals surface area (Å²) < 4.78 is 11.0. The molecule has 1 aromatic rings. The lowest BCUT2D eigenvalue weighted by molar-refractivity contribution is 0.254. The van der Waals surface area contributed by atoms with Gasteiger partial charge in [0.25, 0.3) is 0 Å². The van der Waals surface area contributed by atoms with Crippen molar-refractivity contribution in [2.24, 2.45) is 5.92 Å². The highest BCUT2D eigenvalue weighted by atomic mass is 16.5. The van der Waals surface area contributed by atoms with E-state index in [2.05, 4.69) is 34.1 Å². The predicted molar refractivity (Wildman–Crippen MR) is 79.3 cm³/mol. The van der Waals surface area contributed by atoms with Crippen molar-refractivity contribution in [3.8, 4) is 12.0 Å². The Morgan fingerprint density at radius 2 is 1.65 bits per heavy atom. The summed E-state index contributed by atoms with van der Waals surface area (Å²) in [5.74, 6) is 1.17. The zero-order valence-corrected chi connectivity index (χ0v) is 13.0. The van der Waals surface area contributed by atoms with Gasteiger partial charge in [0, 0.05) is 6.54 Å². The molecular weight excluding hydrogens is 256 g/mol. The molecule has 20 heavy (non-hydrogen) atoms. The average Bonchev–Trinajstić information content (AvgIpc) is 2.41. The normalized spacial score (nSPS) is 10.7. The zero-order chi connectivity index (χ0) is 14.8. The van der Waals surface area contributed by atoms with Gasteiger partial charge in [-0.05, 0) is 32.1 Å². The SMILES string of the molecule is CCCOc1nc(NCC)nc(OCCCC(C)C)n1. The molecule has 1 heterocycles. The first-order valence-corrected chi connectivity index (χ1v) is 7.41. The molecule has 0 radical (unpaired) electrons. The molecule has 0 unspecified atom stereocenters. The zero-order valence-electron chi connectivity index (χ0n) is 13.0. The van der Waals surface area contributed by atoms with Crippen molar-refractivity contribution in [2.45, 2.75) is 47.0 Å². The maximum absolute atomic E-state index is 5.58. The van der Waals surface area contributed by atoms with E-state index in [0.29, 0.717) is 37.1 Å². The number of hydrogen-bond acceptors (Lipinski definition) is 6. The van der Waals surface area contributed by atoms with E-state index >= 15 is 0 Å². The second-order valence-electron chi connectivity index (χ2n) is 4.99. The first kappa shape index (κ1) is 16.5. The molecule has 0 aliphatic carbocycles. The van der Waals surface area contributed by atoms with Gasteiger partial charge in [0.1, 0.15) is 0 Å². The molecule has 0 bridgehead atoms. The van der Waals surface area contributed by atoms with Crippen molar-refractivity contribution < 1.29 is 9.47 Å². The van der Waals surface area contributed by atoms with Gasteiger partial charge in [0.2, 0.25) is 5.95 Å². The van der Waals surface area contributed by atoms with Gasteiger partial charge in [-0.15, -0.1) is 4.98 Å². The standard InChI is InChI=1S/C14H26N4O2/c1-5-9-19-13-16-12(15-6-2)17-14(18-13)20-10-7-8-11(3)4/h11H,5-10H2,1-4H3,(H,15,16,17,18). The molecule has 0 amide bonds. The second kappa shape index (κ2) is 9.34. The van der Waals surface area contributed by atoms with Gasteiger partial charge in [-0.3, -0.25) is 0 Å². The highest BCUT2D eigenvalue weighted by Gasteiger charge is 2.08. The van der Waals surface area contributed by atoms with E-state index < -0.39 is 0 Å². The lowest BCUT2D eigenvalue weighted by atomic mass is 10.1. The van der Waals surface area contributed by atoms with E-state index in [4.69, 9.17) is 9.47 Å². The first-order valence-electron chi connectivity index (χ1n) is 7.41. The van der Waals surface area contributed by atoms with Crippen LogP contribution in [0, 0.1) is 5.92 Å². The number of nitrogens with one attached hydrogen (secondary N) is 1. The minimum absolute atomic E-state index is 0.316.